The van der Waals surface area contributed by atoms with Crippen LogP contribution in [0.4, 0.5) is 9.18 Å². The number of rotatable bonds is 6. The van der Waals surface area contributed by atoms with Crippen molar-refractivity contribution in [1.82, 2.24) is 10.6 Å². The normalized spacial score (nSPS) is 19.2. The van der Waals surface area contributed by atoms with Crippen LogP contribution < -0.4 is 10.6 Å². The monoisotopic (exact) mass is 344 g/mol. The predicted octanol–water partition coefficient (Wildman–Crippen LogP) is 2.89. The molecule has 2 rings (SSSR count). The molecule has 7 heteroatoms. The number of alkyl carbamates (subject to hydrolysis) is 1. The summed E-state index contributed by atoms with van der Waals surface area (Å²) in [6.45, 7) is 2.29. The maximum absolute atomic E-state index is 14.4. The van der Waals surface area contributed by atoms with Crippen LogP contribution in [0.1, 0.15) is 24.5 Å². The number of benzene rings is 1. The van der Waals surface area contributed by atoms with Crippen LogP contribution in [0.2, 0.25) is 5.02 Å². The Bertz CT molecular complexity index is 524. The van der Waals surface area contributed by atoms with Gasteiger partial charge in [0.25, 0.3) is 0 Å². The zero-order valence-corrected chi connectivity index (χ0v) is 13.9. The Balaban J connectivity index is 2.05. The van der Waals surface area contributed by atoms with Crippen LogP contribution >= 0.6 is 11.6 Å². The minimum absolute atomic E-state index is 0.0903. The topological polar surface area (TPSA) is 59.6 Å². The molecule has 0 spiro atoms. The highest BCUT2D eigenvalue weighted by atomic mass is 35.5. The third kappa shape index (κ3) is 5.06. The molecule has 0 bridgehead atoms. The number of halogens is 2. The first-order valence-electron chi connectivity index (χ1n) is 7.71. The molecular weight excluding hydrogens is 323 g/mol. The van der Waals surface area contributed by atoms with E-state index in [2.05, 4.69) is 15.4 Å². The molecule has 1 amide bonds. The first-order chi connectivity index (χ1) is 11.1. The molecule has 5 nitrogen and oxygen atoms in total. The van der Waals surface area contributed by atoms with E-state index in [4.69, 9.17) is 16.3 Å². The molecule has 1 heterocycles. The zero-order valence-electron chi connectivity index (χ0n) is 13.1. The Morgan fingerprint density at radius 1 is 1.57 bits per heavy atom. The summed E-state index contributed by atoms with van der Waals surface area (Å²) in [7, 11) is 1.30. The molecule has 1 aromatic rings. The summed E-state index contributed by atoms with van der Waals surface area (Å²) in [5, 5.41) is 5.95. The Hall–Kier alpha value is -1.37. The van der Waals surface area contributed by atoms with Crippen LogP contribution in [0.3, 0.4) is 0 Å². The number of amides is 1. The number of carbonyl (C=O) groups is 1. The third-order valence-corrected chi connectivity index (χ3v) is 4.20. The summed E-state index contributed by atoms with van der Waals surface area (Å²) < 4.78 is 24.8. The van der Waals surface area contributed by atoms with Crippen LogP contribution in [-0.4, -0.2) is 39.4 Å². The first-order valence-corrected chi connectivity index (χ1v) is 8.09. The van der Waals surface area contributed by atoms with E-state index in [1.807, 2.05) is 0 Å². The number of hydrogen-bond acceptors (Lipinski definition) is 4. The van der Waals surface area contributed by atoms with Gasteiger partial charge < -0.3 is 20.1 Å². The van der Waals surface area contributed by atoms with Crippen LogP contribution in [0.5, 0.6) is 0 Å². The molecule has 1 fully saturated rings. The first kappa shape index (κ1) is 18.0. The number of piperidine rings is 1. The van der Waals surface area contributed by atoms with E-state index in [-0.39, 0.29) is 17.5 Å². The van der Waals surface area contributed by atoms with Crippen LogP contribution in [0, 0.1) is 11.7 Å². The van der Waals surface area contributed by atoms with Gasteiger partial charge in [0.05, 0.1) is 24.8 Å². The highest BCUT2D eigenvalue weighted by molar-refractivity contribution is 6.30. The average molecular weight is 345 g/mol. The zero-order chi connectivity index (χ0) is 16.7. The molecule has 0 aliphatic carbocycles. The van der Waals surface area contributed by atoms with Gasteiger partial charge in [-0.05, 0) is 25.5 Å². The van der Waals surface area contributed by atoms with Crippen LogP contribution in [-0.2, 0) is 9.47 Å². The quantitative estimate of drug-likeness (QED) is 0.779. The fourth-order valence-corrected chi connectivity index (χ4v) is 2.95. The van der Waals surface area contributed by atoms with Gasteiger partial charge in [0.2, 0.25) is 0 Å². The van der Waals surface area contributed by atoms with E-state index in [1.165, 1.54) is 13.2 Å². The van der Waals surface area contributed by atoms with Crippen molar-refractivity contribution in [2.24, 2.45) is 5.92 Å². The van der Waals surface area contributed by atoms with Crippen molar-refractivity contribution in [2.45, 2.75) is 18.9 Å². The lowest BCUT2D eigenvalue weighted by atomic mass is 9.89. The Labute approximate surface area is 140 Å². The Kier molecular flexibility index (Phi) is 7.08. The highest BCUT2D eigenvalue weighted by Gasteiger charge is 2.28. The summed E-state index contributed by atoms with van der Waals surface area (Å²) in [6.07, 6.45) is 1.06. The van der Waals surface area contributed by atoms with Crippen molar-refractivity contribution in [1.29, 1.82) is 0 Å². The fraction of sp³-hybridized carbons (Fsp3) is 0.562. The fourth-order valence-electron chi connectivity index (χ4n) is 2.77. The number of hydrogen-bond donors (Lipinski definition) is 2. The largest absolute Gasteiger partial charge is 0.453 e. The molecule has 1 unspecified atom stereocenters. The summed E-state index contributed by atoms with van der Waals surface area (Å²) in [5.74, 6) is -0.277. The van der Waals surface area contributed by atoms with Crippen molar-refractivity contribution < 1.29 is 18.7 Å². The molecule has 1 aliphatic rings. The molecule has 1 saturated heterocycles. The lowest BCUT2D eigenvalue weighted by molar-refractivity contribution is 0.00260. The number of ether oxygens (including phenoxy) is 2. The minimum Gasteiger partial charge on any atom is -0.453 e. The van der Waals surface area contributed by atoms with Gasteiger partial charge in [0.1, 0.15) is 5.82 Å². The van der Waals surface area contributed by atoms with Crippen molar-refractivity contribution in [3.63, 3.8) is 0 Å². The summed E-state index contributed by atoms with van der Waals surface area (Å²) in [5.41, 5.74) is 0.462. The summed E-state index contributed by atoms with van der Waals surface area (Å²) in [4.78, 5) is 11.1. The SMILES string of the molecule is COC(=O)NCCOC(c1cccc(Cl)c1F)[C@@H]1CCCNC1. The van der Waals surface area contributed by atoms with Crippen molar-refractivity contribution >= 4 is 17.7 Å². The molecule has 1 aromatic carbocycles. The van der Waals surface area contributed by atoms with Crippen LogP contribution in [0.15, 0.2) is 18.2 Å². The lowest BCUT2D eigenvalue weighted by Crippen LogP contribution is -2.35. The number of nitrogens with one attached hydrogen (secondary N) is 2. The molecule has 128 valence electrons. The Morgan fingerprint density at radius 2 is 2.39 bits per heavy atom. The van der Waals surface area contributed by atoms with E-state index in [0.717, 1.165) is 25.9 Å². The van der Waals surface area contributed by atoms with E-state index in [1.54, 1.807) is 12.1 Å². The second-order valence-electron chi connectivity index (χ2n) is 5.46. The molecule has 0 radical (unpaired) electrons. The van der Waals surface area contributed by atoms with Gasteiger partial charge in [-0.15, -0.1) is 0 Å². The third-order valence-electron chi connectivity index (χ3n) is 3.91. The number of methoxy groups -OCH3 is 1. The maximum Gasteiger partial charge on any atom is 0.406 e. The van der Waals surface area contributed by atoms with Gasteiger partial charge in [0, 0.05) is 24.6 Å². The van der Waals surface area contributed by atoms with E-state index >= 15 is 0 Å². The highest BCUT2D eigenvalue weighted by Crippen LogP contribution is 2.34. The second-order valence-corrected chi connectivity index (χ2v) is 5.87. The minimum atomic E-state index is -0.515. The summed E-state index contributed by atoms with van der Waals surface area (Å²) in [6, 6.07) is 4.95. The molecule has 2 N–H and O–H groups in total. The summed E-state index contributed by atoms with van der Waals surface area (Å²) >= 11 is 5.90. The maximum atomic E-state index is 14.4. The predicted molar refractivity (Wildman–Crippen MR) is 86.1 cm³/mol. The molecule has 0 aromatic heterocycles. The van der Waals surface area contributed by atoms with E-state index in [0.29, 0.717) is 12.1 Å². The van der Waals surface area contributed by atoms with E-state index in [9.17, 15) is 9.18 Å². The molecule has 1 aliphatic heterocycles. The van der Waals surface area contributed by atoms with Gasteiger partial charge in [-0.2, -0.15) is 0 Å². The van der Waals surface area contributed by atoms with E-state index < -0.39 is 18.0 Å². The van der Waals surface area contributed by atoms with Crippen molar-refractivity contribution in [3.05, 3.63) is 34.6 Å². The van der Waals surface area contributed by atoms with Gasteiger partial charge >= 0.3 is 6.09 Å². The van der Waals surface area contributed by atoms with Gasteiger partial charge in [0.15, 0.2) is 0 Å². The van der Waals surface area contributed by atoms with Crippen LogP contribution in [0.25, 0.3) is 0 Å². The van der Waals surface area contributed by atoms with Gasteiger partial charge in [-0.3, -0.25) is 0 Å². The second kappa shape index (κ2) is 9.05. The Morgan fingerprint density at radius 3 is 3.09 bits per heavy atom. The smallest absolute Gasteiger partial charge is 0.406 e. The molecule has 23 heavy (non-hydrogen) atoms. The lowest BCUT2D eigenvalue weighted by Gasteiger charge is -2.31. The number of carbonyl (C=O) groups excluding carboxylic acids is 1. The van der Waals surface area contributed by atoms with Gasteiger partial charge in [-0.25, -0.2) is 9.18 Å². The molecule has 2 atom stereocenters. The standard InChI is InChI=1S/C16H22ClFN2O3/c1-22-16(21)20-8-9-23-15(11-4-3-7-19-10-11)12-5-2-6-13(17)14(12)18/h2,5-6,11,15,19H,3-4,7-10H2,1H3,(H,20,21)/t11-,15?/m1/s1. The average Bonchev–Trinajstić information content (AvgIpc) is 2.58. The van der Waals surface area contributed by atoms with Gasteiger partial charge in [-0.1, -0.05) is 23.7 Å². The van der Waals surface area contributed by atoms with Crippen molar-refractivity contribution in [3.8, 4) is 0 Å². The van der Waals surface area contributed by atoms with Crippen molar-refractivity contribution in [2.75, 3.05) is 33.4 Å². The molecule has 0 saturated carbocycles. The molecular formula is C16H22ClFN2O3.